The molecular formula is C27H26N6O4. The van der Waals surface area contributed by atoms with E-state index in [9.17, 15) is 14.4 Å². The molecule has 0 saturated carbocycles. The Morgan fingerprint density at radius 1 is 0.865 bits per heavy atom. The van der Waals surface area contributed by atoms with Crippen LogP contribution in [0, 0.1) is 0 Å². The van der Waals surface area contributed by atoms with Gasteiger partial charge in [-0.2, -0.15) is 0 Å². The van der Waals surface area contributed by atoms with Gasteiger partial charge in [-0.3, -0.25) is 19.4 Å². The van der Waals surface area contributed by atoms with Gasteiger partial charge in [-0.1, -0.05) is 12.5 Å². The molecule has 0 saturated heterocycles. The van der Waals surface area contributed by atoms with Crippen molar-refractivity contribution >= 4 is 30.1 Å². The van der Waals surface area contributed by atoms with E-state index < -0.39 is 6.04 Å². The molecule has 3 N–H and O–H groups in total. The van der Waals surface area contributed by atoms with Crippen molar-refractivity contribution in [2.24, 2.45) is 0 Å². The summed E-state index contributed by atoms with van der Waals surface area (Å²) in [6.45, 7) is 0. The van der Waals surface area contributed by atoms with E-state index in [2.05, 4.69) is 31.1 Å². The van der Waals surface area contributed by atoms with Crippen LogP contribution in [0.25, 0.3) is 22.9 Å². The van der Waals surface area contributed by atoms with Gasteiger partial charge < -0.3 is 20.4 Å². The lowest BCUT2D eigenvalue weighted by molar-refractivity contribution is -0.121. The average molecular weight is 499 g/mol. The number of pyridine rings is 1. The molecule has 0 unspecified atom stereocenters. The molecule has 10 nitrogen and oxygen atoms in total. The SMILES string of the molecule is O=CNc1ccc(-c2nnc(-c3ccc(NC(=O)[C@H](CCCCc4cccnc4)NC=O)cc3)o2)cc1. The molecule has 0 fully saturated rings. The maximum atomic E-state index is 12.7. The fraction of sp³-hybridized carbons (Fsp3) is 0.185. The quantitative estimate of drug-likeness (QED) is 0.188. The van der Waals surface area contributed by atoms with Crippen LogP contribution in [0.4, 0.5) is 11.4 Å². The molecule has 0 aliphatic carbocycles. The summed E-state index contributed by atoms with van der Waals surface area (Å²) in [6.07, 6.45) is 7.78. The Labute approximate surface area is 213 Å². The van der Waals surface area contributed by atoms with Crippen LogP contribution in [-0.2, 0) is 20.8 Å². The van der Waals surface area contributed by atoms with Crippen LogP contribution in [-0.4, -0.2) is 40.0 Å². The maximum Gasteiger partial charge on any atom is 0.248 e. The van der Waals surface area contributed by atoms with Crippen molar-refractivity contribution in [3.8, 4) is 22.9 Å². The number of nitrogens with one attached hydrogen (secondary N) is 3. The van der Waals surface area contributed by atoms with Crippen molar-refractivity contribution < 1.29 is 18.8 Å². The first-order valence-electron chi connectivity index (χ1n) is 11.8. The molecule has 4 aromatic rings. The van der Waals surface area contributed by atoms with Crippen molar-refractivity contribution in [2.45, 2.75) is 31.7 Å². The molecule has 2 heterocycles. The molecule has 0 bridgehead atoms. The molecule has 37 heavy (non-hydrogen) atoms. The number of aryl methyl sites for hydroxylation is 1. The number of carbonyl (C=O) groups excluding carboxylic acids is 3. The van der Waals surface area contributed by atoms with Crippen LogP contribution >= 0.6 is 0 Å². The number of benzene rings is 2. The average Bonchev–Trinajstić information content (AvgIpc) is 3.42. The van der Waals surface area contributed by atoms with E-state index in [1.54, 1.807) is 54.7 Å². The number of anilines is 2. The van der Waals surface area contributed by atoms with Crippen molar-refractivity contribution in [3.05, 3.63) is 78.6 Å². The Kier molecular flexibility index (Phi) is 8.68. The minimum Gasteiger partial charge on any atom is -0.416 e. The summed E-state index contributed by atoms with van der Waals surface area (Å²) in [5.41, 5.74) is 3.79. The number of rotatable bonds is 13. The number of carbonyl (C=O) groups is 3. The van der Waals surface area contributed by atoms with E-state index >= 15 is 0 Å². The van der Waals surface area contributed by atoms with Gasteiger partial charge in [0.05, 0.1) is 0 Å². The molecule has 0 spiro atoms. The zero-order chi connectivity index (χ0) is 25.9. The minimum absolute atomic E-state index is 0.283. The molecule has 2 aromatic heterocycles. The van der Waals surface area contributed by atoms with E-state index in [1.807, 2.05) is 18.3 Å². The first kappa shape index (κ1) is 25.2. The fourth-order valence-corrected chi connectivity index (χ4v) is 3.75. The van der Waals surface area contributed by atoms with Gasteiger partial charge in [-0.25, -0.2) is 0 Å². The lowest BCUT2D eigenvalue weighted by Crippen LogP contribution is -2.39. The van der Waals surface area contributed by atoms with E-state index in [4.69, 9.17) is 4.42 Å². The summed E-state index contributed by atoms with van der Waals surface area (Å²) in [7, 11) is 0. The van der Waals surface area contributed by atoms with E-state index in [0.29, 0.717) is 53.5 Å². The van der Waals surface area contributed by atoms with E-state index in [-0.39, 0.29) is 5.91 Å². The molecular weight excluding hydrogens is 472 g/mol. The zero-order valence-corrected chi connectivity index (χ0v) is 20.0. The second-order valence-electron chi connectivity index (χ2n) is 8.26. The molecule has 3 amide bonds. The van der Waals surface area contributed by atoms with Gasteiger partial charge >= 0.3 is 0 Å². The molecule has 0 aliphatic rings. The van der Waals surface area contributed by atoms with E-state index in [0.717, 1.165) is 24.8 Å². The van der Waals surface area contributed by atoms with Crippen molar-refractivity contribution in [3.63, 3.8) is 0 Å². The van der Waals surface area contributed by atoms with Gasteiger partial charge in [-0.15, -0.1) is 10.2 Å². The summed E-state index contributed by atoms with van der Waals surface area (Å²) in [6, 6.07) is 17.3. The third-order valence-corrected chi connectivity index (χ3v) is 5.70. The number of unbranched alkanes of at least 4 members (excludes halogenated alkanes) is 1. The summed E-state index contributed by atoms with van der Waals surface area (Å²) in [5.74, 6) is 0.391. The van der Waals surface area contributed by atoms with E-state index in [1.165, 1.54) is 0 Å². The number of hydrogen-bond acceptors (Lipinski definition) is 7. The second kappa shape index (κ2) is 12.7. The predicted octanol–water partition coefficient (Wildman–Crippen LogP) is 3.83. The highest BCUT2D eigenvalue weighted by Crippen LogP contribution is 2.26. The third-order valence-electron chi connectivity index (χ3n) is 5.70. The first-order valence-corrected chi connectivity index (χ1v) is 11.8. The minimum atomic E-state index is -0.627. The highest BCUT2D eigenvalue weighted by molar-refractivity contribution is 5.95. The molecule has 1 atom stereocenters. The van der Waals surface area contributed by atoms with Gasteiger partial charge in [0.1, 0.15) is 6.04 Å². The van der Waals surface area contributed by atoms with Gasteiger partial charge in [0.15, 0.2) is 0 Å². The topological polar surface area (TPSA) is 139 Å². The van der Waals surface area contributed by atoms with Crippen LogP contribution < -0.4 is 16.0 Å². The fourth-order valence-electron chi connectivity index (χ4n) is 3.75. The largest absolute Gasteiger partial charge is 0.416 e. The third kappa shape index (κ3) is 7.07. The summed E-state index contributed by atoms with van der Waals surface area (Å²) >= 11 is 0. The highest BCUT2D eigenvalue weighted by atomic mass is 16.4. The highest BCUT2D eigenvalue weighted by Gasteiger charge is 2.18. The lowest BCUT2D eigenvalue weighted by Gasteiger charge is -2.16. The number of nitrogens with zero attached hydrogens (tertiary/aromatic N) is 3. The van der Waals surface area contributed by atoms with Crippen LogP contribution in [0.2, 0.25) is 0 Å². The van der Waals surface area contributed by atoms with Crippen molar-refractivity contribution in [2.75, 3.05) is 10.6 Å². The smallest absolute Gasteiger partial charge is 0.248 e. The van der Waals surface area contributed by atoms with Crippen molar-refractivity contribution in [1.82, 2.24) is 20.5 Å². The van der Waals surface area contributed by atoms with Gasteiger partial charge in [0.25, 0.3) is 0 Å². The van der Waals surface area contributed by atoms with Crippen LogP contribution in [0.1, 0.15) is 24.8 Å². The van der Waals surface area contributed by atoms with Gasteiger partial charge in [0.2, 0.25) is 30.5 Å². The number of amides is 3. The monoisotopic (exact) mass is 498 g/mol. The Morgan fingerprint density at radius 2 is 1.54 bits per heavy atom. The zero-order valence-electron chi connectivity index (χ0n) is 20.0. The van der Waals surface area contributed by atoms with Crippen LogP contribution in [0.3, 0.4) is 0 Å². The lowest BCUT2D eigenvalue weighted by atomic mass is 10.0. The number of aromatic nitrogens is 3. The second-order valence-corrected chi connectivity index (χ2v) is 8.26. The summed E-state index contributed by atoms with van der Waals surface area (Å²) in [5, 5.41) is 16.2. The standard InChI is InChI=1S/C27H26N6O4/c34-17-29-22-11-7-20(8-12-22)26-32-33-27(37-26)21-9-13-23(14-10-21)31-25(36)24(30-18-35)6-2-1-4-19-5-3-15-28-16-19/h3,5,7-18,24H,1-2,4,6H2,(H,29,34)(H,30,35)(H,31,36)/t24-/m0/s1. The van der Waals surface area contributed by atoms with Gasteiger partial charge in [-0.05, 0) is 79.4 Å². The molecule has 188 valence electrons. The first-order chi connectivity index (χ1) is 18.2. The molecule has 2 aromatic carbocycles. The summed E-state index contributed by atoms with van der Waals surface area (Å²) < 4.78 is 5.78. The number of hydrogen-bond donors (Lipinski definition) is 3. The molecule has 10 heteroatoms. The molecule has 4 rings (SSSR count). The van der Waals surface area contributed by atoms with Crippen LogP contribution in [0.15, 0.2) is 77.5 Å². The Morgan fingerprint density at radius 3 is 2.14 bits per heavy atom. The predicted molar refractivity (Wildman–Crippen MR) is 138 cm³/mol. The molecule has 0 radical (unpaired) electrons. The van der Waals surface area contributed by atoms with Crippen molar-refractivity contribution in [1.29, 1.82) is 0 Å². The Bertz CT molecular complexity index is 1310. The Balaban J connectivity index is 1.32. The Hall–Kier alpha value is -4.86. The molecule has 0 aliphatic heterocycles. The summed E-state index contributed by atoms with van der Waals surface area (Å²) in [4.78, 5) is 38.4. The van der Waals surface area contributed by atoms with Gasteiger partial charge in [0, 0.05) is 34.9 Å². The normalized spacial score (nSPS) is 11.4. The van der Waals surface area contributed by atoms with Crippen LogP contribution in [0.5, 0.6) is 0 Å². The maximum absolute atomic E-state index is 12.7.